The van der Waals surface area contributed by atoms with E-state index in [9.17, 15) is 0 Å². The summed E-state index contributed by atoms with van der Waals surface area (Å²) in [7, 11) is 0. The number of aryl methyl sites for hydroxylation is 1. The van der Waals surface area contributed by atoms with Crippen LogP contribution in [0, 0.1) is 13.8 Å². The molecule has 1 saturated heterocycles. The molecule has 0 bridgehead atoms. The van der Waals surface area contributed by atoms with Gasteiger partial charge in [-0.2, -0.15) is 5.10 Å². The minimum Gasteiger partial charge on any atom is -0.357 e. The fraction of sp³-hybridized carbons (Fsp3) is 0.407. The topological polar surface area (TPSA) is 57.5 Å². The van der Waals surface area contributed by atoms with Crippen molar-refractivity contribution in [1.29, 1.82) is 0 Å². The van der Waals surface area contributed by atoms with Gasteiger partial charge in [0.25, 0.3) is 0 Å². The number of likely N-dealkylation sites (tertiary alicyclic amines) is 1. The van der Waals surface area contributed by atoms with Crippen LogP contribution in [0.25, 0.3) is 5.69 Å². The molecule has 6 nitrogen and oxygen atoms in total. The maximum Gasteiger partial charge on any atom is 0.191 e. The number of hydrogen-bond acceptors (Lipinski definition) is 3. The van der Waals surface area contributed by atoms with Crippen molar-refractivity contribution in [3.8, 4) is 5.69 Å². The molecule has 6 heteroatoms. The fourth-order valence-electron chi connectivity index (χ4n) is 4.47. The zero-order chi connectivity index (χ0) is 23.0. The zero-order valence-electron chi connectivity index (χ0n) is 20.1. The Morgan fingerprint density at radius 1 is 1.00 bits per heavy atom. The summed E-state index contributed by atoms with van der Waals surface area (Å²) in [5.74, 6) is 0.894. The van der Waals surface area contributed by atoms with Crippen molar-refractivity contribution in [2.45, 2.75) is 52.7 Å². The first-order valence-corrected chi connectivity index (χ1v) is 12.1. The van der Waals surface area contributed by atoms with Crippen LogP contribution in [0.15, 0.2) is 65.7 Å². The number of guanidine groups is 1. The van der Waals surface area contributed by atoms with Crippen LogP contribution in [0.1, 0.15) is 42.3 Å². The van der Waals surface area contributed by atoms with Crippen molar-refractivity contribution < 1.29 is 0 Å². The average molecular weight is 445 g/mol. The Kier molecular flexibility index (Phi) is 7.79. The highest BCUT2D eigenvalue weighted by molar-refractivity contribution is 5.80. The monoisotopic (exact) mass is 444 g/mol. The van der Waals surface area contributed by atoms with Crippen molar-refractivity contribution in [3.05, 3.63) is 83.2 Å². The molecule has 0 radical (unpaired) electrons. The molecule has 3 aromatic rings. The Hall–Kier alpha value is -3.12. The summed E-state index contributed by atoms with van der Waals surface area (Å²) in [4.78, 5) is 7.46. The van der Waals surface area contributed by atoms with E-state index < -0.39 is 0 Å². The van der Waals surface area contributed by atoms with Crippen molar-refractivity contribution in [1.82, 2.24) is 25.3 Å². The second kappa shape index (κ2) is 11.1. The third-order valence-electron chi connectivity index (χ3n) is 6.36. The molecule has 0 atom stereocenters. The van der Waals surface area contributed by atoms with Crippen molar-refractivity contribution in [3.63, 3.8) is 0 Å². The number of para-hydroxylation sites is 1. The van der Waals surface area contributed by atoms with Crippen LogP contribution in [0.5, 0.6) is 0 Å². The molecule has 0 aliphatic carbocycles. The van der Waals surface area contributed by atoms with Crippen LogP contribution in [0.4, 0.5) is 0 Å². The van der Waals surface area contributed by atoms with Gasteiger partial charge in [0.05, 0.1) is 17.9 Å². The molecule has 2 aromatic carbocycles. The third kappa shape index (κ3) is 6.02. The number of aromatic nitrogens is 2. The van der Waals surface area contributed by atoms with Crippen LogP contribution < -0.4 is 10.6 Å². The second-order valence-corrected chi connectivity index (χ2v) is 8.77. The van der Waals surface area contributed by atoms with Crippen LogP contribution >= 0.6 is 0 Å². The van der Waals surface area contributed by atoms with Crippen molar-refractivity contribution >= 4 is 5.96 Å². The molecule has 4 rings (SSSR count). The summed E-state index contributed by atoms with van der Waals surface area (Å²) in [6.45, 7) is 11.0. The lowest BCUT2D eigenvalue weighted by Crippen LogP contribution is -2.48. The summed E-state index contributed by atoms with van der Waals surface area (Å²) < 4.78 is 2.02. The first-order chi connectivity index (χ1) is 16.1. The first kappa shape index (κ1) is 23.1. The number of rotatable bonds is 7. The SMILES string of the molecule is CCNC(=NCc1c(C)nn(-c2ccccc2)c1C)NC1CCN(Cc2ccccc2)CC1. The van der Waals surface area contributed by atoms with Gasteiger partial charge in [0.15, 0.2) is 5.96 Å². The lowest BCUT2D eigenvalue weighted by atomic mass is 10.0. The predicted molar refractivity (Wildman–Crippen MR) is 136 cm³/mol. The van der Waals surface area contributed by atoms with Gasteiger partial charge in [0.1, 0.15) is 0 Å². The van der Waals surface area contributed by atoms with Gasteiger partial charge < -0.3 is 10.6 Å². The van der Waals surface area contributed by atoms with Gasteiger partial charge >= 0.3 is 0 Å². The second-order valence-electron chi connectivity index (χ2n) is 8.77. The minimum atomic E-state index is 0.448. The van der Waals surface area contributed by atoms with Crippen molar-refractivity contribution in [2.24, 2.45) is 4.99 Å². The van der Waals surface area contributed by atoms with Gasteiger partial charge in [-0.05, 0) is 51.3 Å². The molecule has 0 saturated carbocycles. The van der Waals surface area contributed by atoms with Crippen LogP contribution in [-0.4, -0.2) is 46.3 Å². The van der Waals surface area contributed by atoms with E-state index in [1.807, 2.05) is 22.9 Å². The smallest absolute Gasteiger partial charge is 0.191 e. The summed E-state index contributed by atoms with van der Waals surface area (Å²) >= 11 is 0. The summed E-state index contributed by atoms with van der Waals surface area (Å²) in [6.07, 6.45) is 2.25. The summed E-state index contributed by atoms with van der Waals surface area (Å²) in [5, 5.41) is 11.9. The van der Waals surface area contributed by atoms with Gasteiger partial charge in [-0.3, -0.25) is 4.90 Å². The lowest BCUT2D eigenvalue weighted by molar-refractivity contribution is 0.198. The van der Waals surface area contributed by atoms with Crippen LogP contribution in [0.3, 0.4) is 0 Å². The van der Waals surface area contributed by atoms with E-state index in [0.717, 1.165) is 62.1 Å². The molecule has 0 amide bonds. The zero-order valence-corrected chi connectivity index (χ0v) is 20.1. The summed E-state index contributed by atoms with van der Waals surface area (Å²) in [5.41, 5.74) is 5.84. The van der Waals surface area contributed by atoms with Gasteiger partial charge in [-0.1, -0.05) is 48.5 Å². The highest BCUT2D eigenvalue weighted by Gasteiger charge is 2.20. The highest BCUT2D eigenvalue weighted by Crippen LogP contribution is 2.19. The van der Waals surface area contributed by atoms with Gasteiger partial charge in [-0.25, -0.2) is 9.67 Å². The van der Waals surface area contributed by atoms with Crippen LogP contribution in [0.2, 0.25) is 0 Å². The molecule has 0 unspecified atom stereocenters. The van der Waals surface area contributed by atoms with E-state index in [1.165, 1.54) is 11.1 Å². The quantitative estimate of drug-likeness (QED) is 0.423. The van der Waals surface area contributed by atoms with E-state index in [1.54, 1.807) is 0 Å². The number of benzene rings is 2. The molecule has 0 spiro atoms. The van der Waals surface area contributed by atoms with Gasteiger partial charge in [-0.15, -0.1) is 0 Å². The normalized spacial score (nSPS) is 15.5. The molecular weight excluding hydrogens is 408 g/mol. The number of hydrogen-bond donors (Lipinski definition) is 2. The van der Waals surface area contributed by atoms with E-state index in [2.05, 4.69) is 78.8 Å². The summed E-state index contributed by atoms with van der Waals surface area (Å²) in [6, 6.07) is 21.5. The highest BCUT2D eigenvalue weighted by atomic mass is 15.3. The molecule has 33 heavy (non-hydrogen) atoms. The number of nitrogens with one attached hydrogen (secondary N) is 2. The van der Waals surface area contributed by atoms with E-state index in [-0.39, 0.29) is 0 Å². The van der Waals surface area contributed by atoms with E-state index in [4.69, 9.17) is 10.1 Å². The molecular formula is C27H36N6. The Labute approximate surface area is 197 Å². The Morgan fingerprint density at radius 2 is 1.67 bits per heavy atom. The Bertz CT molecular complexity index is 1030. The minimum absolute atomic E-state index is 0.448. The standard InChI is InChI=1S/C27H36N6/c1-4-28-27(30-24-15-17-32(18-16-24)20-23-11-7-5-8-12-23)29-19-26-21(2)31-33(22(26)3)25-13-9-6-10-14-25/h5-14,24H,4,15-20H2,1-3H3,(H2,28,29,30). The number of piperidine rings is 1. The first-order valence-electron chi connectivity index (χ1n) is 12.1. The average Bonchev–Trinajstić information content (AvgIpc) is 3.13. The predicted octanol–water partition coefficient (Wildman–Crippen LogP) is 4.21. The molecule has 1 aliphatic rings. The number of aliphatic imine (C=N–C) groups is 1. The van der Waals surface area contributed by atoms with E-state index in [0.29, 0.717) is 12.6 Å². The maximum absolute atomic E-state index is 4.92. The molecule has 1 aliphatic heterocycles. The maximum atomic E-state index is 4.92. The van der Waals surface area contributed by atoms with Crippen LogP contribution in [-0.2, 0) is 13.1 Å². The molecule has 174 valence electrons. The van der Waals surface area contributed by atoms with Crippen molar-refractivity contribution in [2.75, 3.05) is 19.6 Å². The molecule has 2 N–H and O–H groups in total. The molecule has 1 aromatic heterocycles. The molecule has 1 fully saturated rings. The van der Waals surface area contributed by atoms with Gasteiger partial charge in [0, 0.05) is 43.5 Å². The lowest BCUT2D eigenvalue weighted by Gasteiger charge is -2.33. The Balaban J connectivity index is 1.36. The van der Waals surface area contributed by atoms with E-state index >= 15 is 0 Å². The third-order valence-corrected chi connectivity index (χ3v) is 6.36. The number of nitrogens with zero attached hydrogens (tertiary/aromatic N) is 4. The van der Waals surface area contributed by atoms with Gasteiger partial charge in [0.2, 0.25) is 0 Å². The Morgan fingerprint density at radius 3 is 2.33 bits per heavy atom. The largest absolute Gasteiger partial charge is 0.357 e. The fourth-order valence-corrected chi connectivity index (χ4v) is 4.47. The molecule has 2 heterocycles.